The van der Waals surface area contributed by atoms with Crippen LogP contribution in [0.3, 0.4) is 0 Å². The van der Waals surface area contributed by atoms with Crippen molar-refractivity contribution in [3.05, 3.63) is 121 Å². The van der Waals surface area contributed by atoms with Gasteiger partial charge in [-0.15, -0.1) is 0 Å². The molecular formula is C40H47N9O12. The summed E-state index contributed by atoms with van der Waals surface area (Å²) in [7, 11) is 1.13. The molecule has 0 aliphatic rings. The molecule has 0 aliphatic carbocycles. The van der Waals surface area contributed by atoms with E-state index in [2.05, 4.69) is 25.9 Å². The minimum Gasteiger partial charge on any atom is -0.468 e. The Morgan fingerprint density at radius 1 is 0.820 bits per heavy atom. The summed E-state index contributed by atoms with van der Waals surface area (Å²) in [4.78, 5) is 123. The molecule has 61 heavy (non-hydrogen) atoms. The summed E-state index contributed by atoms with van der Waals surface area (Å²) in [5.74, 6) is -3.01. The lowest BCUT2D eigenvalue weighted by Gasteiger charge is -2.25. The van der Waals surface area contributed by atoms with Crippen molar-refractivity contribution < 1.29 is 43.0 Å². The van der Waals surface area contributed by atoms with Gasteiger partial charge in [-0.25, -0.2) is 19.2 Å². The number of esters is 1. The molecule has 2 heterocycles. The zero-order chi connectivity index (χ0) is 44.7. The molecule has 0 unspecified atom stereocenters. The molecule has 4 rings (SSSR count). The predicted molar refractivity (Wildman–Crippen MR) is 218 cm³/mol. The van der Waals surface area contributed by atoms with Crippen LogP contribution in [0.4, 0.5) is 21.1 Å². The highest BCUT2D eigenvalue weighted by Gasteiger charge is 2.24. The fourth-order valence-corrected chi connectivity index (χ4v) is 5.41. The molecule has 21 nitrogen and oxygen atoms in total. The van der Waals surface area contributed by atoms with Crippen LogP contribution in [0.1, 0.15) is 37.5 Å². The Bertz CT molecular complexity index is 2400. The first-order chi connectivity index (χ1) is 28.9. The highest BCUT2D eigenvalue weighted by Crippen LogP contribution is 2.18. The first kappa shape index (κ1) is 46.1. The van der Waals surface area contributed by atoms with Gasteiger partial charge in [0.25, 0.3) is 5.56 Å². The number of aromatic amines is 1. The number of carbonyl (C=O) groups excluding carboxylic acids is 6. The topological polar surface area (TPSA) is 262 Å². The third-order valence-corrected chi connectivity index (χ3v) is 8.41. The van der Waals surface area contributed by atoms with Crippen molar-refractivity contribution in [2.45, 2.75) is 59.5 Å². The summed E-state index contributed by atoms with van der Waals surface area (Å²) in [6.07, 6.45) is 0.824. The highest BCUT2D eigenvalue weighted by atomic mass is 16.6. The molecular weight excluding hydrogens is 798 g/mol. The first-order valence-electron chi connectivity index (χ1n) is 18.7. The molecule has 2 aromatic carbocycles. The third-order valence-electron chi connectivity index (χ3n) is 8.41. The lowest BCUT2D eigenvalue weighted by molar-refractivity contribution is -0.147. The van der Waals surface area contributed by atoms with Gasteiger partial charge in [-0.2, -0.15) is 4.98 Å². The van der Waals surface area contributed by atoms with E-state index in [0.29, 0.717) is 5.56 Å². The van der Waals surface area contributed by atoms with Crippen molar-refractivity contribution in [2.75, 3.05) is 43.9 Å². The second-order valence-corrected chi connectivity index (χ2v) is 14.4. The Morgan fingerprint density at radius 3 is 2.18 bits per heavy atom. The smallest absolute Gasteiger partial charge is 0.413 e. The number of aromatic nitrogens is 4. The molecule has 0 radical (unpaired) electrons. The molecule has 4 N–H and O–H groups in total. The van der Waals surface area contributed by atoms with Gasteiger partial charge in [-0.05, 0) is 51.0 Å². The van der Waals surface area contributed by atoms with Crippen LogP contribution in [0, 0.1) is 6.92 Å². The van der Waals surface area contributed by atoms with Crippen molar-refractivity contribution >= 4 is 47.4 Å². The summed E-state index contributed by atoms with van der Waals surface area (Å²) in [6, 6.07) is 16.5. The zero-order valence-corrected chi connectivity index (χ0v) is 34.2. The number of amides is 5. The lowest BCUT2D eigenvalue weighted by Crippen LogP contribution is -2.46. The number of rotatable bonds is 17. The van der Waals surface area contributed by atoms with E-state index in [4.69, 9.17) is 14.2 Å². The largest absolute Gasteiger partial charge is 0.468 e. The lowest BCUT2D eigenvalue weighted by atomic mass is 10.1. The number of anilines is 2. The molecule has 0 spiro atoms. The van der Waals surface area contributed by atoms with Gasteiger partial charge >= 0.3 is 29.5 Å². The van der Waals surface area contributed by atoms with Gasteiger partial charge in [-0.3, -0.25) is 43.4 Å². The number of ether oxygens (including phenoxy) is 3. The summed E-state index contributed by atoms with van der Waals surface area (Å²) in [5.41, 5.74) is -1.67. The van der Waals surface area contributed by atoms with Crippen molar-refractivity contribution in [1.29, 1.82) is 0 Å². The Kier molecular flexibility index (Phi) is 16.2. The van der Waals surface area contributed by atoms with Gasteiger partial charge < -0.3 is 34.6 Å². The number of alkyl carbamates (subject to hydrolysis) is 1. The van der Waals surface area contributed by atoms with E-state index < -0.39 is 84.6 Å². The predicted octanol–water partition coefficient (Wildman–Crippen LogP) is 1.34. The van der Waals surface area contributed by atoms with E-state index in [1.54, 1.807) is 63.2 Å². The molecule has 5 amide bonds. The van der Waals surface area contributed by atoms with Crippen LogP contribution >= 0.6 is 0 Å². The molecule has 4 aromatic rings. The number of hydrogen-bond donors (Lipinski definition) is 4. The minimum atomic E-state index is -0.888. The monoisotopic (exact) mass is 845 g/mol. The second-order valence-electron chi connectivity index (χ2n) is 14.4. The van der Waals surface area contributed by atoms with Gasteiger partial charge in [0.2, 0.25) is 17.7 Å². The summed E-state index contributed by atoms with van der Waals surface area (Å²) < 4.78 is 17.1. The fourth-order valence-electron chi connectivity index (χ4n) is 5.41. The molecule has 0 saturated carbocycles. The number of hydrogen-bond acceptors (Lipinski definition) is 13. The molecule has 0 atom stereocenters. The van der Waals surface area contributed by atoms with Crippen LogP contribution in [0.15, 0.2) is 87.4 Å². The van der Waals surface area contributed by atoms with Gasteiger partial charge in [0.1, 0.15) is 37.7 Å². The summed E-state index contributed by atoms with van der Waals surface area (Å²) >= 11 is 0. The number of methoxy groups -OCH3 is 1. The van der Waals surface area contributed by atoms with Crippen LogP contribution in [0.2, 0.25) is 0 Å². The Labute approximate surface area is 348 Å². The van der Waals surface area contributed by atoms with Crippen molar-refractivity contribution in [3.8, 4) is 0 Å². The number of carbonyl (C=O) groups is 6. The quantitative estimate of drug-likeness (QED) is 0.0865. The van der Waals surface area contributed by atoms with E-state index >= 15 is 0 Å². The van der Waals surface area contributed by atoms with Gasteiger partial charge in [-0.1, -0.05) is 48.5 Å². The minimum absolute atomic E-state index is 0.0168. The molecule has 0 aliphatic heterocycles. The van der Waals surface area contributed by atoms with Gasteiger partial charge in [0.05, 0.1) is 13.7 Å². The van der Waals surface area contributed by atoms with Crippen LogP contribution in [0.25, 0.3) is 0 Å². The zero-order valence-electron chi connectivity index (χ0n) is 34.2. The van der Waals surface area contributed by atoms with E-state index in [1.807, 2.05) is 6.07 Å². The number of H-pyrrole nitrogens is 1. The molecule has 0 fully saturated rings. The van der Waals surface area contributed by atoms with E-state index in [0.717, 1.165) is 31.6 Å². The Hall–Kier alpha value is -7.58. The average Bonchev–Trinajstić information content (AvgIpc) is 3.19. The van der Waals surface area contributed by atoms with Crippen LogP contribution < -0.4 is 32.9 Å². The SMILES string of the molecule is COC(=O)CN(Cc1ccccc1NC(=O)CN(CCNC(=O)OC(C)(C)C)C(=O)Cn1cc(C)c(=O)[nH]c1=O)C(=O)Cn1ccc(NC(=O)OCc2ccccc2)nc1=O. The molecule has 0 saturated heterocycles. The molecule has 0 bridgehead atoms. The van der Waals surface area contributed by atoms with E-state index in [-0.39, 0.29) is 43.3 Å². The molecule has 2 aromatic heterocycles. The number of para-hydroxylation sites is 1. The number of aryl methyl sites for hydroxylation is 1. The Morgan fingerprint density at radius 2 is 1.49 bits per heavy atom. The summed E-state index contributed by atoms with van der Waals surface area (Å²) in [5, 5.41) is 7.58. The molecule has 21 heteroatoms. The maximum Gasteiger partial charge on any atom is 0.413 e. The van der Waals surface area contributed by atoms with Crippen LogP contribution in [-0.2, 0) is 59.6 Å². The van der Waals surface area contributed by atoms with Crippen molar-refractivity contribution in [2.24, 2.45) is 0 Å². The van der Waals surface area contributed by atoms with E-state index in [1.165, 1.54) is 31.5 Å². The van der Waals surface area contributed by atoms with Crippen molar-refractivity contribution in [3.63, 3.8) is 0 Å². The standard InChI is InChI=1S/C40H47N9O12/c1-26-19-49(37(56)45-35(26)54)23-32(51)46(18-16-41-38(57)61-40(2,3)4)21-31(50)42-29-14-10-9-13-28(29)20-48(24-34(53)59-5)33(52)22-47-17-15-30(43-36(47)55)44-39(58)60-25-27-11-7-6-8-12-27/h6-15,17,19H,16,18,20-25H2,1-5H3,(H,41,57)(H,42,50)(H,45,54,56)(H,43,44,55,58). The van der Waals surface area contributed by atoms with Crippen molar-refractivity contribution in [1.82, 2.24) is 34.2 Å². The maximum absolute atomic E-state index is 13.6. The third kappa shape index (κ3) is 14.9. The Balaban J connectivity index is 1.46. The van der Waals surface area contributed by atoms with E-state index in [9.17, 15) is 43.2 Å². The molecule has 324 valence electrons. The van der Waals surface area contributed by atoms with Gasteiger partial charge in [0, 0.05) is 43.3 Å². The fraction of sp³-hybridized carbons (Fsp3) is 0.350. The number of nitrogens with one attached hydrogen (secondary N) is 4. The van der Waals surface area contributed by atoms with Gasteiger partial charge in [0.15, 0.2) is 0 Å². The highest BCUT2D eigenvalue weighted by molar-refractivity contribution is 5.95. The number of nitrogens with zero attached hydrogens (tertiary/aromatic N) is 5. The number of benzene rings is 2. The second kappa shape index (κ2) is 21.4. The van der Waals surface area contributed by atoms with Crippen LogP contribution in [-0.4, -0.2) is 104 Å². The first-order valence-corrected chi connectivity index (χ1v) is 18.7. The maximum atomic E-state index is 13.6. The average molecular weight is 846 g/mol. The summed E-state index contributed by atoms with van der Waals surface area (Å²) in [6.45, 7) is 3.67. The normalized spacial score (nSPS) is 10.8. The van der Waals surface area contributed by atoms with Crippen LogP contribution in [0.5, 0.6) is 0 Å².